The van der Waals surface area contributed by atoms with Crippen molar-refractivity contribution in [1.82, 2.24) is 4.98 Å². The molecule has 0 bridgehead atoms. The molecule has 0 spiro atoms. The van der Waals surface area contributed by atoms with E-state index in [-0.39, 0.29) is 5.41 Å². The van der Waals surface area contributed by atoms with E-state index >= 15 is 0 Å². The van der Waals surface area contributed by atoms with Crippen molar-refractivity contribution in [2.24, 2.45) is 0 Å². The third-order valence-electron chi connectivity index (χ3n) is 1.72. The summed E-state index contributed by atoms with van der Waals surface area (Å²) in [7, 11) is 0. The van der Waals surface area contributed by atoms with Crippen LogP contribution in [0.25, 0.3) is 0 Å². The highest BCUT2D eigenvalue weighted by Gasteiger charge is 2.16. The van der Waals surface area contributed by atoms with Crippen molar-refractivity contribution in [3.05, 3.63) is 29.6 Å². The molecule has 1 rings (SSSR count). The molecule has 0 aromatic carbocycles. The zero-order valence-corrected chi connectivity index (χ0v) is 7.68. The highest BCUT2D eigenvalue weighted by Crippen LogP contribution is 2.22. The minimum Gasteiger partial charge on any atom is -0.260 e. The zero-order valence-electron chi connectivity index (χ0n) is 7.68. The van der Waals surface area contributed by atoms with E-state index in [0.29, 0.717) is 0 Å². The summed E-state index contributed by atoms with van der Waals surface area (Å²) in [4.78, 5) is 4.35. The van der Waals surface area contributed by atoms with Crippen molar-refractivity contribution >= 4 is 0 Å². The average molecular weight is 149 g/mol. The first-order valence-corrected chi connectivity index (χ1v) is 3.94. The fraction of sp³-hybridized carbons (Fsp3) is 0.500. The third kappa shape index (κ3) is 1.79. The van der Waals surface area contributed by atoms with Crippen LogP contribution in [0.5, 0.6) is 0 Å². The predicted molar refractivity (Wildman–Crippen MR) is 47.7 cm³/mol. The van der Waals surface area contributed by atoms with Crippen LogP contribution in [0.3, 0.4) is 0 Å². The largest absolute Gasteiger partial charge is 0.260 e. The fourth-order valence-electron chi connectivity index (χ4n) is 1.27. The molecule has 0 unspecified atom stereocenters. The second-order valence-electron chi connectivity index (χ2n) is 3.92. The van der Waals surface area contributed by atoms with Crippen molar-refractivity contribution in [3.8, 4) is 0 Å². The van der Waals surface area contributed by atoms with Crippen LogP contribution in [-0.4, -0.2) is 4.98 Å². The van der Waals surface area contributed by atoms with Gasteiger partial charge in [0.15, 0.2) is 0 Å². The standard InChI is InChI=1S/C10H15N/c1-8-6-5-7-11-9(8)10(2,3)4/h5-7H,1-4H3. The van der Waals surface area contributed by atoms with E-state index in [2.05, 4.69) is 38.7 Å². The summed E-state index contributed by atoms with van der Waals surface area (Å²) in [5, 5.41) is 0. The van der Waals surface area contributed by atoms with Crippen LogP contribution in [0.15, 0.2) is 18.3 Å². The molecule has 0 saturated carbocycles. The lowest BCUT2D eigenvalue weighted by Crippen LogP contribution is -2.14. The van der Waals surface area contributed by atoms with Gasteiger partial charge in [0.05, 0.1) is 0 Å². The van der Waals surface area contributed by atoms with E-state index in [4.69, 9.17) is 0 Å². The number of pyridine rings is 1. The first kappa shape index (κ1) is 8.25. The molecule has 0 N–H and O–H groups in total. The molecule has 0 aliphatic heterocycles. The third-order valence-corrected chi connectivity index (χ3v) is 1.72. The Morgan fingerprint density at radius 3 is 2.27 bits per heavy atom. The molecule has 0 aliphatic rings. The molecule has 0 radical (unpaired) electrons. The van der Waals surface area contributed by atoms with E-state index in [1.807, 2.05) is 12.3 Å². The molecule has 1 heteroatoms. The molecule has 1 aromatic rings. The fourth-order valence-corrected chi connectivity index (χ4v) is 1.27. The second kappa shape index (κ2) is 2.65. The number of hydrogen-bond donors (Lipinski definition) is 0. The Kier molecular flexibility index (Phi) is 1.99. The molecule has 0 fully saturated rings. The molecule has 1 nitrogen and oxygen atoms in total. The second-order valence-corrected chi connectivity index (χ2v) is 3.92. The molecule has 0 amide bonds. The Hall–Kier alpha value is -0.850. The van der Waals surface area contributed by atoms with Gasteiger partial charge < -0.3 is 0 Å². The molecule has 60 valence electrons. The summed E-state index contributed by atoms with van der Waals surface area (Å²) < 4.78 is 0. The van der Waals surface area contributed by atoms with Crippen molar-refractivity contribution in [3.63, 3.8) is 0 Å². The lowest BCUT2D eigenvalue weighted by atomic mass is 9.89. The molecular weight excluding hydrogens is 134 g/mol. The van der Waals surface area contributed by atoms with Crippen molar-refractivity contribution in [2.45, 2.75) is 33.1 Å². The molecule has 11 heavy (non-hydrogen) atoms. The minimum atomic E-state index is 0.172. The summed E-state index contributed by atoms with van der Waals surface area (Å²) in [5.74, 6) is 0. The molecular formula is C10H15N. The SMILES string of the molecule is Cc1cccnc1C(C)(C)C. The van der Waals surface area contributed by atoms with Crippen LogP contribution in [0.1, 0.15) is 32.0 Å². The monoisotopic (exact) mass is 149 g/mol. The Labute approximate surface area is 68.5 Å². The van der Waals surface area contributed by atoms with Gasteiger partial charge in [-0.15, -0.1) is 0 Å². The minimum absolute atomic E-state index is 0.172. The summed E-state index contributed by atoms with van der Waals surface area (Å²) in [6, 6.07) is 4.08. The Morgan fingerprint density at radius 2 is 1.91 bits per heavy atom. The van der Waals surface area contributed by atoms with Crippen molar-refractivity contribution in [2.75, 3.05) is 0 Å². The summed E-state index contributed by atoms with van der Waals surface area (Å²) in [6.45, 7) is 8.65. The van der Waals surface area contributed by atoms with Crippen LogP contribution in [-0.2, 0) is 5.41 Å². The summed E-state index contributed by atoms with van der Waals surface area (Å²) in [5.41, 5.74) is 2.64. The maximum absolute atomic E-state index is 4.35. The Bertz CT molecular complexity index is 245. The normalized spacial score (nSPS) is 11.6. The maximum Gasteiger partial charge on any atom is 0.0486 e. The van der Waals surface area contributed by atoms with Crippen LogP contribution in [0.4, 0.5) is 0 Å². The summed E-state index contributed by atoms with van der Waals surface area (Å²) >= 11 is 0. The molecule has 0 aliphatic carbocycles. The molecule has 1 heterocycles. The van der Waals surface area contributed by atoms with Crippen molar-refractivity contribution in [1.29, 1.82) is 0 Å². The quantitative estimate of drug-likeness (QED) is 0.552. The van der Waals surface area contributed by atoms with Crippen LogP contribution in [0.2, 0.25) is 0 Å². The smallest absolute Gasteiger partial charge is 0.0486 e. The highest BCUT2D eigenvalue weighted by atomic mass is 14.7. The van der Waals surface area contributed by atoms with Crippen molar-refractivity contribution < 1.29 is 0 Å². The van der Waals surface area contributed by atoms with Gasteiger partial charge in [-0.05, 0) is 18.6 Å². The number of rotatable bonds is 0. The van der Waals surface area contributed by atoms with Gasteiger partial charge in [0.1, 0.15) is 0 Å². The van der Waals surface area contributed by atoms with Crippen LogP contribution in [0, 0.1) is 6.92 Å². The Morgan fingerprint density at radius 1 is 1.27 bits per heavy atom. The number of aryl methyl sites for hydroxylation is 1. The number of nitrogens with zero attached hydrogens (tertiary/aromatic N) is 1. The maximum atomic E-state index is 4.35. The molecule has 1 aromatic heterocycles. The van der Waals surface area contributed by atoms with Gasteiger partial charge in [0.2, 0.25) is 0 Å². The Balaban J connectivity index is 3.14. The molecule has 0 atom stereocenters. The summed E-state index contributed by atoms with van der Waals surface area (Å²) in [6.07, 6.45) is 1.85. The topological polar surface area (TPSA) is 12.9 Å². The number of aromatic nitrogens is 1. The average Bonchev–Trinajstić information content (AvgIpc) is 1.86. The predicted octanol–water partition coefficient (Wildman–Crippen LogP) is 2.69. The van der Waals surface area contributed by atoms with Gasteiger partial charge in [0, 0.05) is 17.3 Å². The van der Waals surface area contributed by atoms with Gasteiger partial charge in [-0.3, -0.25) is 4.98 Å². The van der Waals surface area contributed by atoms with Gasteiger partial charge in [-0.1, -0.05) is 26.8 Å². The van der Waals surface area contributed by atoms with Gasteiger partial charge >= 0.3 is 0 Å². The first-order chi connectivity index (χ1) is 5.02. The van der Waals surface area contributed by atoms with E-state index in [9.17, 15) is 0 Å². The van der Waals surface area contributed by atoms with Crippen LogP contribution >= 0.6 is 0 Å². The molecule has 0 saturated heterocycles. The van der Waals surface area contributed by atoms with E-state index < -0.39 is 0 Å². The van der Waals surface area contributed by atoms with E-state index in [1.54, 1.807) is 0 Å². The first-order valence-electron chi connectivity index (χ1n) is 3.94. The highest BCUT2D eigenvalue weighted by molar-refractivity contribution is 5.23. The van der Waals surface area contributed by atoms with Gasteiger partial charge in [-0.2, -0.15) is 0 Å². The van der Waals surface area contributed by atoms with Gasteiger partial charge in [0.25, 0.3) is 0 Å². The van der Waals surface area contributed by atoms with E-state index in [0.717, 1.165) is 0 Å². The lowest BCUT2D eigenvalue weighted by molar-refractivity contribution is 0.564. The van der Waals surface area contributed by atoms with E-state index in [1.165, 1.54) is 11.3 Å². The number of hydrogen-bond acceptors (Lipinski definition) is 1. The van der Waals surface area contributed by atoms with Crippen LogP contribution < -0.4 is 0 Å². The zero-order chi connectivity index (χ0) is 8.48. The van der Waals surface area contributed by atoms with Gasteiger partial charge in [-0.25, -0.2) is 0 Å². The lowest BCUT2D eigenvalue weighted by Gasteiger charge is -2.19.